The summed E-state index contributed by atoms with van der Waals surface area (Å²) in [6.07, 6.45) is 4.31. The molecule has 1 aromatic heterocycles. The summed E-state index contributed by atoms with van der Waals surface area (Å²) < 4.78 is 0. The third kappa shape index (κ3) is 2.84. The summed E-state index contributed by atoms with van der Waals surface area (Å²) in [5.41, 5.74) is 2.81. The third-order valence-electron chi connectivity index (χ3n) is 3.54. The van der Waals surface area contributed by atoms with Gasteiger partial charge in [-0.15, -0.1) is 0 Å². The smallest absolute Gasteiger partial charge is 0.0438 e. The predicted octanol–water partition coefficient (Wildman–Crippen LogP) is 4.11. The van der Waals surface area contributed by atoms with Crippen LogP contribution in [0.15, 0.2) is 18.3 Å². The molecule has 90 valence electrons. The molecule has 0 aromatic carbocycles. The van der Waals surface area contributed by atoms with Gasteiger partial charge in [-0.2, -0.15) is 0 Å². The van der Waals surface area contributed by atoms with E-state index in [1.165, 1.54) is 24.1 Å². The second-order valence-corrected chi connectivity index (χ2v) is 4.90. The number of aromatic nitrogens is 1. The average Bonchev–Trinajstić information content (AvgIpc) is 2.30. The van der Waals surface area contributed by atoms with Gasteiger partial charge in [0, 0.05) is 11.9 Å². The Morgan fingerprint density at radius 3 is 2.56 bits per heavy atom. The lowest BCUT2D eigenvalue weighted by atomic mass is 9.73. The van der Waals surface area contributed by atoms with Gasteiger partial charge in [-0.05, 0) is 42.2 Å². The van der Waals surface area contributed by atoms with Gasteiger partial charge in [-0.3, -0.25) is 4.98 Å². The van der Waals surface area contributed by atoms with E-state index >= 15 is 0 Å². The molecule has 1 aromatic rings. The van der Waals surface area contributed by atoms with Crippen molar-refractivity contribution >= 4 is 0 Å². The minimum Gasteiger partial charge on any atom is -0.261 e. The molecule has 0 bridgehead atoms. The molecule has 2 atom stereocenters. The van der Waals surface area contributed by atoms with Gasteiger partial charge in [-0.1, -0.05) is 40.7 Å². The zero-order valence-corrected chi connectivity index (χ0v) is 11.3. The Morgan fingerprint density at radius 1 is 1.25 bits per heavy atom. The summed E-state index contributed by atoms with van der Waals surface area (Å²) in [6, 6.07) is 4.30. The van der Waals surface area contributed by atoms with E-state index in [1.54, 1.807) is 0 Å². The highest BCUT2D eigenvalue weighted by Crippen LogP contribution is 2.33. The Bertz CT molecular complexity index is 317. The number of rotatable bonds is 1. The van der Waals surface area contributed by atoms with E-state index in [9.17, 15) is 0 Å². The molecule has 0 N–H and O–H groups in total. The molecule has 1 heteroatoms. The number of pyridine rings is 1. The second-order valence-electron chi connectivity index (χ2n) is 4.90. The number of nitrogens with zero attached hydrogens (tertiary/aromatic N) is 1. The van der Waals surface area contributed by atoms with E-state index in [0.29, 0.717) is 0 Å². The van der Waals surface area contributed by atoms with Crippen molar-refractivity contribution in [3.63, 3.8) is 0 Å². The monoisotopic (exact) mass is 219 g/mol. The van der Waals surface area contributed by atoms with Crippen LogP contribution in [0, 0.1) is 17.8 Å². The zero-order valence-electron chi connectivity index (χ0n) is 11.3. The largest absolute Gasteiger partial charge is 0.261 e. The van der Waals surface area contributed by atoms with Crippen molar-refractivity contribution in [2.24, 2.45) is 17.8 Å². The van der Waals surface area contributed by atoms with Crippen LogP contribution in [0.2, 0.25) is 0 Å². The molecular weight excluding hydrogens is 194 g/mol. The van der Waals surface area contributed by atoms with E-state index in [-0.39, 0.29) is 0 Å². The first-order chi connectivity index (χ1) is 7.68. The summed E-state index contributed by atoms with van der Waals surface area (Å²) in [6.45, 7) is 11.0. The van der Waals surface area contributed by atoms with Gasteiger partial charge in [0.2, 0.25) is 0 Å². The predicted molar refractivity (Wildman–Crippen MR) is 70.5 cm³/mol. The Morgan fingerprint density at radius 2 is 1.94 bits per heavy atom. The summed E-state index contributed by atoms with van der Waals surface area (Å²) in [4.78, 5) is 4.46. The van der Waals surface area contributed by atoms with E-state index in [4.69, 9.17) is 0 Å². The maximum Gasteiger partial charge on any atom is 0.0438 e. The summed E-state index contributed by atoms with van der Waals surface area (Å²) in [5.74, 6) is 2.42. The van der Waals surface area contributed by atoms with E-state index in [0.717, 1.165) is 17.8 Å². The van der Waals surface area contributed by atoms with Crippen molar-refractivity contribution in [2.75, 3.05) is 0 Å². The third-order valence-corrected chi connectivity index (χ3v) is 3.54. The van der Waals surface area contributed by atoms with Crippen LogP contribution >= 0.6 is 0 Å². The second kappa shape index (κ2) is 6.03. The van der Waals surface area contributed by atoms with Gasteiger partial charge < -0.3 is 0 Å². The molecule has 0 saturated heterocycles. The fourth-order valence-corrected chi connectivity index (χ4v) is 2.65. The Kier molecular flexibility index (Phi) is 4.98. The molecular formula is C15H25N. The summed E-state index contributed by atoms with van der Waals surface area (Å²) >= 11 is 0. The van der Waals surface area contributed by atoms with Crippen molar-refractivity contribution in [3.8, 4) is 0 Å². The van der Waals surface area contributed by atoms with Gasteiger partial charge in [-0.25, -0.2) is 0 Å². The molecule has 0 spiro atoms. The summed E-state index contributed by atoms with van der Waals surface area (Å²) in [7, 11) is 0. The number of hydrogen-bond donors (Lipinski definition) is 0. The molecule has 16 heavy (non-hydrogen) atoms. The number of hydrogen-bond acceptors (Lipinski definition) is 1. The lowest BCUT2D eigenvalue weighted by Crippen LogP contribution is -2.27. The van der Waals surface area contributed by atoms with Crippen molar-refractivity contribution in [3.05, 3.63) is 29.6 Å². The van der Waals surface area contributed by atoms with Crippen molar-refractivity contribution in [2.45, 2.75) is 47.5 Å². The highest BCUT2D eigenvalue weighted by molar-refractivity contribution is 5.23. The maximum atomic E-state index is 4.46. The normalized spacial score (nSPS) is 23.4. The van der Waals surface area contributed by atoms with E-state index in [2.05, 4.69) is 37.9 Å². The standard InChI is InChI=1S/C13H19N.C2H6/c1-9(2)12-8-11-5-4-6-14-13(11)7-10(12)3;1-2/h4-6,9-10,12H,7-8H2,1-3H3;1-2H3. The molecule has 1 heterocycles. The molecule has 1 aliphatic rings. The molecule has 1 nitrogen and oxygen atoms in total. The summed E-state index contributed by atoms with van der Waals surface area (Å²) in [5, 5.41) is 0. The Labute approximate surface area is 100 Å². The molecule has 0 aliphatic heterocycles. The van der Waals surface area contributed by atoms with Gasteiger partial charge in [0.25, 0.3) is 0 Å². The minimum absolute atomic E-state index is 0.789. The lowest BCUT2D eigenvalue weighted by molar-refractivity contribution is 0.250. The van der Waals surface area contributed by atoms with Crippen LogP contribution in [-0.4, -0.2) is 4.98 Å². The first-order valence-corrected chi connectivity index (χ1v) is 6.61. The SMILES string of the molecule is CC.CC(C)C1Cc2cccnc2CC1C. The average molecular weight is 219 g/mol. The van der Waals surface area contributed by atoms with Crippen LogP contribution in [-0.2, 0) is 12.8 Å². The molecule has 0 fully saturated rings. The van der Waals surface area contributed by atoms with Gasteiger partial charge in [0.05, 0.1) is 0 Å². The van der Waals surface area contributed by atoms with Crippen LogP contribution < -0.4 is 0 Å². The van der Waals surface area contributed by atoms with E-state index < -0.39 is 0 Å². The fourth-order valence-electron chi connectivity index (χ4n) is 2.65. The maximum absolute atomic E-state index is 4.46. The minimum atomic E-state index is 0.789. The number of fused-ring (bicyclic) bond motifs is 1. The molecule has 2 unspecified atom stereocenters. The molecule has 1 aliphatic carbocycles. The van der Waals surface area contributed by atoms with Gasteiger partial charge in [0.15, 0.2) is 0 Å². The van der Waals surface area contributed by atoms with Gasteiger partial charge >= 0.3 is 0 Å². The molecule has 0 radical (unpaired) electrons. The van der Waals surface area contributed by atoms with Crippen molar-refractivity contribution in [1.29, 1.82) is 0 Å². The van der Waals surface area contributed by atoms with E-state index in [1.807, 2.05) is 20.0 Å². The zero-order chi connectivity index (χ0) is 12.1. The van der Waals surface area contributed by atoms with Crippen LogP contribution in [0.5, 0.6) is 0 Å². The molecule has 0 amide bonds. The van der Waals surface area contributed by atoms with Crippen LogP contribution in [0.1, 0.15) is 45.9 Å². The highest BCUT2D eigenvalue weighted by Gasteiger charge is 2.27. The molecule has 0 saturated carbocycles. The quantitative estimate of drug-likeness (QED) is 0.692. The van der Waals surface area contributed by atoms with Gasteiger partial charge in [0.1, 0.15) is 0 Å². The highest BCUT2D eigenvalue weighted by atomic mass is 14.7. The van der Waals surface area contributed by atoms with Crippen molar-refractivity contribution < 1.29 is 0 Å². The lowest BCUT2D eigenvalue weighted by Gasteiger charge is -2.32. The Hall–Kier alpha value is -0.850. The van der Waals surface area contributed by atoms with Crippen LogP contribution in [0.3, 0.4) is 0 Å². The van der Waals surface area contributed by atoms with Crippen LogP contribution in [0.4, 0.5) is 0 Å². The first kappa shape index (κ1) is 13.2. The Balaban J connectivity index is 0.000000606. The first-order valence-electron chi connectivity index (χ1n) is 6.61. The topological polar surface area (TPSA) is 12.9 Å². The van der Waals surface area contributed by atoms with Crippen molar-refractivity contribution in [1.82, 2.24) is 4.98 Å². The van der Waals surface area contributed by atoms with Crippen LogP contribution in [0.25, 0.3) is 0 Å². The fraction of sp³-hybridized carbons (Fsp3) is 0.667. The molecule has 2 rings (SSSR count).